The molecule has 23 heavy (non-hydrogen) atoms. The molecule has 6 heteroatoms. The van der Waals surface area contributed by atoms with Gasteiger partial charge in [0.2, 0.25) is 5.91 Å². The minimum atomic E-state index is 0.208. The van der Waals surface area contributed by atoms with Crippen molar-refractivity contribution in [2.45, 2.75) is 45.4 Å². The van der Waals surface area contributed by atoms with Gasteiger partial charge in [-0.1, -0.05) is 18.5 Å². The maximum absolute atomic E-state index is 12.0. The van der Waals surface area contributed by atoms with E-state index in [9.17, 15) is 4.79 Å². The summed E-state index contributed by atoms with van der Waals surface area (Å²) in [6, 6.07) is 7.69. The Kier molecular flexibility index (Phi) is 5.18. The first-order valence-corrected chi connectivity index (χ1v) is 9.02. The topological polar surface area (TPSA) is 42.4 Å². The Balaban J connectivity index is 1.57. The molecule has 1 amide bonds. The quantitative estimate of drug-likeness (QED) is 0.748. The first kappa shape index (κ1) is 16.3. The molecule has 1 aromatic heterocycles. The van der Waals surface area contributed by atoms with Crippen LogP contribution in [0.2, 0.25) is 5.02 Å². The van der Waals surface area contributed by atoms with E-state index in [1.165, 1.54) is 0 Å². The zero-order chi connectivity index (χ0) is 16.2. The van der Waals surface area contributed by atoms with Gasteiger partial charge < -0.3 is 9.64 Å². The van der Waals surface area contributed by atoms with Crippen LogP contribution < -0.4 is 4.74 Å². The Morgan fingerprint density at radius 1 is 1.39 bits per heavy atom. The number of rotatable bonds is 7. The fourth-order valence-electron chi connectivity index (χ4n) is 2.35. The van der Waals surface area contributed by atoms with E-state index in [0.717, 1.165) is 29.3 Å². The number of thiazole rings is 1. The number of amides is 1. The molecule has 1 heterocycles. The zero-order valence-electron chi connectivity index (χ0n) is 13.0. The lowest BCUT2D eigenvalue weighted by atomic mass is 10.3. The zero-order valence-corrected chi connectivity index (χ0v) is 14.6. The fourth-order valence-corrected chi connectivity index (χ4v) is 3.17. The lowest BCUT2D eigenvalue weighted by Gasteiger charge is -2.20. The molecule has 1 aliphatic carbocycles. The van der Waals surface area contributed by atoms with Crippen molar-refractivity contribution < 1.29 is 9.53 Å². The molecule has 122 valence electrons. The summed E-state index contributed by atoms with van der Waals surface area (Å²) in [6.07, 6.45) is 2.78. The van der Waals surface area contributed by atoms with Crippen molar-refractivity contribution in [2.75, 3.05) is 0 Å². The third kappa shape index (κ3) is 4.45. The molecule has 0 saturated heterocycles. The molecule has 1 fully saturated rings. The monoisotopic (exact) mass is 350 g/mol. The molecule has 3 rings (SSSR count). The predicted octanol–water partition coefficient (Wildman–Crippen LogP) is 4.28. The van der Waals surface area contributed by atoms with E-state index in [4.69, 9.17) is 16.3 Å². The number of ether oxygens (including phenoxy) is 1. The summed E-state index contributed by atoms with van der Waals surface area (Å²) in [5.41, 5.74) is 0.943. The summed E-state index contributed by atoms with van der Waals surface area (Å²) >= 11 is 7.42. The second-order valence-electron chi connectivity index (χ2n) is 5.58. The maximum atomic E-state index is 12.0. The van der Waals surface area contributed by atoms with E-state index >= 15 is 0 Å². The summed E-state index contributed by atoms with van der Waals surface area (Å²) in [4.78, 5) is 18.5. The van der Waals surface area contributed by atoms with Crippen molar-refractivity contribution in [3.8, 4) is 5.75 Å². The van der Waals surface area contributed by atoms with Gasteiger partial charge in [-0.15, -0.1) is 11.3 Å². The molecule has 0 radical (unpaired) electrons. The summed E-state index contributed by atoms with van der Waals surface area (Å²) in [5.74, 6) is 0.978. The third-order valence-electron chi connectivity index (χ3n) is 3.72. The van der Waals surface area contributed by atoms with Gasteiger partial charge in [-0.25, -0.2) is 4.98 Å². The number of halogens is 1. The lowest BCUT2D eigenvalue weighted by molar-refractivity contribution is -0.132. The second kappa shape index (κ2) is 7.32. The Hall–Kier alpha value is -1.59. The van der Waals surface area contributed by atoms with Gasteiger partial charge in [0.15, 0.2) is 0 Å². The van der Waals surface area contributed by atoms with Gasteiger partial charge in [-0.2, -0.15) is 0 Å². The van der Waals surface area contributed by atoms with Crippen LogP contribution in [0.3, 0.4) is 0 Å². The maximum Gasteiger partial charge on any atom is 0.222 e. The van der Waals surface area contributed by atoms with Crippen LogP contribution in [0.1, 0.15) is 36.9 Å². The third-order valence-corrected chi connectivity index (χ3v) is 4.84. The average Bonchev–Trinajstić information content (AvgIpc) is 3.31. The van der Waals surface area contributed by atoms with Crippen molar-refractivity contribution in [2.24, 2.45) is 0 Å². The van der Waals surface area contributed by atoms with Gasteiger partial charge in [0.1, 0.15) is 17.4 Å². The molecular formula is C17H19ClN2O2S. The standard InChI is InChI=1S/C17H19ClN2O2S/c1-2-17(21)20(14-5-6-14)9-13-11-23-16(19-13)10-22-15-7-3-12(18)4-8-15/h3-4,7-8,11,14H,2,5-6,9-10H2,1H3. The summed E-state index contributed by atoms with van der Waals surface area (Å²) in [5, 5.41) is 3.61. The number of aromatic nitrogens is 1. The number of nitrogens with zero attached hydrogens (tertiary/aromatic N) is 2. The number of hydrogen-bond acceptors (Lipinski definition) is 4. The molecule has 1 saturated carbocycles. The number of benzene rings is 1. The van der Waals surface area contributed by atoms with Crippen LogP contribution >= 0.6 is 22.9 Å². The first-order valence-electron chi connectivity index (χ1n) is 7.77. The molecule has 2 aromatic rings. The van der Waals surface area contributed by atoms with E-state index in [2.05, 4.69) is 4.98 Å². The van der Waals surface area contributed by atoms with Crippen molar-refractivity contribution in [1.29, 1.82) is 0 Å². The fraction of sp³-hybridized carbons (Fsp3) is 0.412. The van der Waals surface area contributed by atoms with Gasteiger partial charge in [0, 0.05) is 22.9 Å². The van der Waals surface area contributed by atoms with Crippen LogP contribution in [0.4, 0.5) is 0 Å². The van der Waals surface area contributed by atoms with Gasteiger partial charge in [0.25, 0.3) is 0 Å². The summed E-state index contributed by atoms with van der Waals surface area (Å²) in [7, 11) is 0. The Bertz CT molecular complexity index is 667. The van der Waals surface area contributed by atoms with Crippen LogP contribution in [-0.4, -0.2) is 21.8 Å². The number of carbonyl (C=O) groups is 1. The average molecular weight is 351 g/mol. The SMILES string of the molecule is CCC(=O)N(Cc1csc(COc2ccc(Cl)cc2)n1)C1CC1. The van der Waals surface area contributed by atoms with Gasteiger partial charge in [-0.05, 0) is 37.1 Å². The molecular weight excluding hydrogens is 332 g/mol. The first-order chi connectivity index (χ1) is 11.2. The van der Waals surface area contributed by atoms with Crippen LogP contribution in [0.25, 0.3) is 0 Å². The highest BCUT2D eigenvalue weighted by Gasteiger charge is 2.32. The van der Waals surface area contributed by atoms with Crippen molar-refractivity contribution >= 4 is 28.8 Å². The van der Waals surface area contributed by atoms with Crippen molar-refractivity contribution in [3.05, 3.63) is 45.4 Å². The molecule has 0 N–H and O–H groups in total. The Labute approximate surface area is 145 Å². The summed E-state index contributed by atoms with van der Waals surface area (Å²) in [6.45, 7) is 2.94. The lowest BCUT2D eigenvalue weighted by Crippen LogP contribution is -2.32. The molecule has 1 aromatic carbocycles. The van der Waals surface area contributed by atoms with Gasteiger partial charge >= 0.3 is 0 Å². The van der Waals surface area contributed by atoms with E-state index in [-0.39, 0.29) is 5.91 Å². The van der Waals surface area contributed by atoms with E-state index in [0.29, 0.717) is 30.6 Å². The largest absolute Gasteiger partial charge is 0.486 e. The van der Waals surface area contributed by atoms with Crippen LogP contribution in [0, 0.1) is 0 Å². The molecule has 1 aliphatic rings. The van der Waals surface area contributed by atoms with Crippen molar-refractivity contribution in [3.63, 3.8) is 0 Å². The highest BCUT2D eigenvalue weighted by Crippen LogP contribution is 2.29. The van der Waals surface area contributed by atoms with E-state index in [1.54, 1.807) is 23.5 Å². The Morgan fingerprint density at radius 3 is 2.78 bits per heavy atom. The van der Waals surface area contributed by atoms with Crippen LogP contribution in [0.5, 0.6) is 5.75 Å². The second-order valence-corrected chi connectivity index (χ2v) is 6.96. The minimum absolute atomic E-state index is 0.208. The smallest absolute Gasteiger partial charge is 0.222 e. The molecule has 0 unspecified atom stereocenters. The molecule has 0 bridgehead atoms. The number of hydrogen-bond donors (Lipinski definition) is 0. The Morgan fingerprint density at radius 2 is 2.13 bits per heavy atom. The molecule has 4 nitrogen and oxygen atoms in total. The normalized spacial score (nSPS) is 13.8. The van der Waals surface area contributed by atoms with Gasteiger partial charge in [-0.3, -0.25) is 4.79 Å². The number of carbonyl (C=O) groups excluding carboxylic acids is 1. The minimum Gasteiger partial charge on any atom is -0.486 e. The highest BCUT2D eigenvalue weighted by atomic mass is 35.5. The van der Waals surface area contributed by atoms with Crippen LogP contribution in [0.15, 0.2) is 29.6 Å². The molecule has 0 aliphatic heterocycles. The van der Waals surface area contributed by atoms with E-state index in [1.807, 2.05) is 29.3 Å². The summed E-state index contributed by atoms with van der Waals surface area (Å²) < 4.78 is 5.70. The predicted molar refractivity (Wildman–Crippen MR) is 91.8 cm³/mol. The highest BCUT2D eigenvalue weighted by molar-refractivity contribution is 7.09. The van der Waals surface area contributed by atoms with Crippen molar-refractivity contribution in [1.82, 2.24) is 9.88 Å². The molecule has 0 spiro atoms. The molecule has 0 atom stereocenters. The van der Waals surface area contributed by atoms with Gasteiger partial charge in [0.05, 0.1) is 12.2 Å². The van der Waals surface area contributed by atoms with Crippen LogP contribution in [-0.2, 0) is 17.9 Å². The van der Waals surface area contributed by atoms with E-state index < -0.39 is 0 Å².